The van der Waals surface area contributed by atoms with Crippen molar-refractivity contribution in [2.75, 3.05) is 34.4 Å². The molecular weight excluding hydrogens is 662 g/mol. The van der Waals surface area contributed by atoms with Crippen LogP contribution in [0.3, 0.4) is 0 Å². The second kappa shape index (κ2) is 15.4. The largest absolute Gasteiger partial charge is 0.450 e. The van der Waals surface area contributed by atoms with Gasteiger partial charge in [0.05, 0.1) is 0 Å². The van der Waals surface area contributed by atoms with Crippen LogP contribution in [-0.2, 0) is 20.9 Å². The molecular formula is C32H37ClF2N10O4. The lowest BCUT2D eigenvalue weighted by molar-refractivity contribution is -0.124. The number of aromatic nitrogens is 6. The summed E-state index contributed by atoms with van der Waals surface area (Å²) in [6.45, 7) is 6.39. The fourth-order valence-electron chi connectivity index (χ4n) is 4.61. The van der Waals surface area contributed by atoms with E-state index in [1.165, 1.54) is 27.7 Å². The summed E-state index contributed by atoms with van der Waals surface area (Å²) in [7, 11) is 0. The third kappa shape index (κ3) is 9.96. The van der Waals surface area contributed by atoms with E-state index in [2.05, 4.69) is 29.9 Å². The Labute approximate surface area is 286 Å². The van der Waals surface area contributed by atoms with Crippen molar-refractivity contribution >= 4 is 46.7 Å². The van der Waals surface area contributed by atoms with E-state index in [0.29, 0.717) is 25.9 Å². The number of alkyl halides is 2. The van der Waals surface area contributed by atoms with Gasteiger partial charge in [-0.2, -0.15) is 29.9 Å². The minimum atomic E-state index is -1.79. The molecule has 4 heterocycles. The zero-order chi connectivity index (χ0) is 35.9. The highest BCUT2D eigenvalue weighted by atomic mass is 35.5. The highest BCUT2D eigenvalue weighted by molar-refractivity contribution is 6.28. The number of nitrogens with zero attached hydrogens (tertiary/aromatic N) is 8. The molecule has 17 heteroatoms. The van der Waals surface area contributed by atoms with Crippen LogP contribution in [0.25, 0.3) is 0 Å². The first-order chi connectivity index (χ1) is 23.0. The van der Waals surface area contributed by atoms with Crippen LogP contribution in [0.4, 0.5) is 32.1 Å². The third-order valence-corrected chi connectivity index (χ3v) is 7.21. The number of aliphatic hydroxyl groups excluding tert-OH is 1. The van der Waals surface area contributed by atoms with E-state index in [1.807, 2.05) is 60.7 Å². The number of carbonyl (C=O) groups excluding carboxylic acids is 2. The van der Waals surface area contributed by atoms with Crippen LogP contribution in [0.2, 0.25) is 5.28 Å². The van der Waals surface area contributed by atoms with Gasteiger partial charge in [0.25, 0.3) is 11.8 Å². The van der Waals surface area contributed by atoms with E-state index in [0.717, 1.165) is 11.4 Å². The van der Waals surface area contributed by atoms with Gasteiger partial charge in [0.2, 0.25) is 17.2 Å². The lowest BCUT2D eigenvalue weighted by atomic mass is 10.1. The maximum absolute atomic E-state index is 14.0. The SMILES string of the molecule is CC(C)(F)c1nc(N)nc(Cl)n1.CC(C)(F)c1nc(N)nc(OC2CCN(c3ccccc3)C2=O)n1.O=C1C(O)CCN1c1ccccc1. The minimum absolute atomic E-state index is 0.0556. The fourth-order valence-corrected chi connectivity index (χ4v) is 4.77. The number of hydrogen-bond acceptors (Lipinski definition) is 12. The minimum Gasteiger partial charge on any atom is -0.450 e. The molecule has 2 aliphatic rings. The topological polar surface area (TPSA) is 199 Å². The molecule has 2 atom stereocenters. The number of rotatable bonds is 6. The van der Waals surface area contributed by atoms with Crippen molar-refractivity contribution in [3.63, 3.8) is 0 Å². The van der Waals surface area contributed by atoms with E-state index < -0.39 is 23.5 Å². The maximum Gasteiger partial charge on any atom is 0.322 e. The summed E-state index contributed by atoms with van der Waals surface area (Å²) >= 11 is 5.45. The second-order valence-electron chi connectivity index (χ2n) is 11.9. The van der Waals surface area contributed by atoms with E-state index in [9.17, 15) is 23.5 Å². The number of anilines is 4. The van der Waals surface area contributed by atoms with Crippen LogP contribution in [0, 0.1) is 0 Å². The molecule has 2 amide bonds. The van der Waals surface area contributed by atoms with Crippen molar-refractivity contribution in [3.8, 4) is 6.01 Å². The number of nitrogen functional groups attached to an aromatic ring is 2. The van der Waals surface area contributed by atoms with Crippen LogP contribution >= 0.6 is 11.6 Å². The van der Waals surface area contributed by atoms with Gasteiger partial charge in [0.1, 0.15) is 6.10 Å². The zero-order valence-electron chi connectivity index (χ0n) is 27.3. The maximum atomic E-state index is 14.0. The van der Waals surface area contributed by atoms with Gasteiger partial charge in [-0.1, -0.05) is 36.4 Å². The number of halogens is 3. The van der Waals surface area contributed by atoms with E-state index in [1.54, 1.807) is 9.80 Å². The molecule has 0 spiro atoms. The summed E-state index contributed by atoms with van der Waals surface area (Å²) in [6.07, 6.45) is -0.524. The Bertz CT molecular complexity index is 1720. The molecule has 2 fully saturated rings. The van der Waals surface area contributed by atoms with Crippen molar-refractivity contribution in [1.82, 2.24) is 29.9 Å². The Balaban J connectivity index is 0.000000182. The first-order valence-electron chi connectivity index (χ1n) is 15.2. The Morgan fingerprint density at radius 1 is 0.735 bits per heavy atom. The molecule has 2 aromatic carbocycles. The van der Waals surface area contributed by atoms with Crippen LogP contribution in [0.5, 0.6) is 6.01 Å². The van der Waals surface area contributed by atoms with Gasteiger partial charge in [0, 0.05) is 37.3 Å². The molecule has 0 aliphatic carbocycles. The molecule has 0 bridgehead atoms. The Kier molecular flexibility index (Phi) is 11.6. The third-order valence-electron chi connectivity index (χ3n) is 7.04. The smallest absolute Gasteiger partial charge is 0.322 e. The second-order valence-corrected chi connectivity index (χ2v) is 12.2. The van der Waals surface area contributed by atoms with Gasteiger partial charge in [-0.3, -0.25) is 9.59 Å². The summed E-state index contributed by atoms with van der Waals surface area (Å²) in [5.41, 5.74) is 9.05. The van der Waals surface area contributed by atoms with Crippen molar-refractivity contribution in [2.45, 2.75) is 64.1 Å². The van der Waals surface area contributed by atoms with Crippen molar-refractivity contribution in [1.29, 1.82) is 0 Å². The number of aliphatic hydroxyl groups is 1. The zero-order valence-corrected chi connectivity index (χ0v) is 28.1. The van der Waals surface area contributed by atoms with Crippen molar-refractivity contribution in [2.24, 2.45) is 0 Å². The summed E-state index contributed by atoms with van der Waals surface area (Å²) < 4.78 is 32.8. The quantitative estimate of drug-likeness (QED) is 0.262. The van der Waals surface area contributed by atoms with Crippen LogP contribution in [-0.4, -0.2) is 72.1 Å². The number of ether oxygens (including phenoxy) is 1. The highest BCUT2D eigenvalue weighted by Gasteiger charge is 2.36. The Hall–Kier alpha value is -5.09. The average Bonchev–Trinajstić information content (AvgIpc) is 3.57. The number of benzene rings is 2. The number of para-hydroxylation sites is 2. The predicted octanol–water partition coefficient (Wildman–Crippen LogP) is 3.94. The lowest BCUT2D eigenvalue weighted by Gasteiger charge is -2.17. The van der Waals surface area contributed by atoms with Gasteiger partial charge in [-0.05, 0) is 63.6 Å². The molecule has 4 aromatic rings. The van der Waals surface area contributed by atoms with Gasteiger partial charge >= 0.3 is 6.01 Å². The van der Waals surface area contributed by atoms with Crippen LogP contribution in [0.1, 0.15) is 52.2 Å². The standard InChI is InChI=1S/C16H18FN5O2.C10H11NO2.C6H8ClFN4/c1-16(2,17)13-19-14(18)21-15(20-13)24-11-8-9-22(12(11)23)10-6-4-3-5-7-10;12-9-6-7-11(10(9)13)8-4-2-1-3-5-8;1-6(2,8)3-10-4(7)12-5(9)11-3/h3-7,11H,8-9H2,1-2H3,(H2,18,19,20,21);1-5,9,12H,6-7H2;1-2H3,(H2,9,10,11,12). The summed E-state index contributed by atoms with van der Waals surface area (Å²) in [4.78, 5) is 49.4. The Morgan fingerprint density at radius 2 is 1.20 bits per heavy atom. The Morgan fingerprint density at radius 3 is 1.67 bits per heavy atom. The first-order valence-corrected chi connectivity index (χ1v) is 15.6. The number of nitrogens with two attached hydrogens (primary N) is 2. The number of hydrogen-bond donors (Lipinski definition) is 3. The van der Waals surface area contributed by atoms with Gasteiger partial charge in [-0.15, -0.1) is 0 Å². The highest BCUT2D eigenvalue weighted by Crippen LogP contribution is 2.26. The molecule has 5 N–H and O–H groups in total. The number of amides is 2. The van der Waals surface area contributed by atoms with Crippen LogP contribution in [0.15, 0.2) is 60.7 Å². The van der Waals surface area contributed by atoms with Gasteiger partial charge in [-0.25, -0.2) is 8.78 Å². The lowest BCUT2D eigenvalue weighted by Crippen LogP contribution is -2.32. The molecule has 2 aromatic heterocycles. The summed E-state index contributed by atoms with van der Waals surface area (Å²) in [6, 6.07) is 18.6. The normalized spacial score (nSPS) is 17.6. The molecule has 6 rings (SSSR count). The van der Waals surface area contributed by atoms with E-state index >= 15 is 0 Å². The monoisotopic (exact) mass is 698 g/mol. The first kappa shape index (κ1) is 36.7. The molecule has 14 nitrogen and oxygen atoms in total. The van der Waals surface area contributed by atoms with E-state index in [-0.39, 0.29) is 46.7 Å². The van der Waals surface area contributed by atoms with Gasteiger partial charge in [0.15, 0.2) is 29.1 Å². The molecule has 49 heavy (non-hydrogen) atoms. The number of carbonyl (C=O) groups is 2. The molecule has 0 radical (unpaired) electrons. The molecule has 260 valence electrons. The van der Waals surface area contributed by atoms with Crippen molar-refractivity contribution in [3.05, 3.63) is 77.6 Å². The molecule has 0 saturated carbocycles. The fraction of sp³-hybridized carbons (Fsp3) is 0.375. The molecule has 2 unspecified atom stereocenters. The van der Waals surface area contributed by atoms with Crippen LogP contribution < -0.4 is 26.0 Å². The van der Waals surface area contributed by atoms with Crippen molar-refractivity contribution < 1.29 is 28.2 Å². The molecule has 2 saturated heterocycles. The average molecular weight is 699 g/mol. The summed E-state index contributed by atoms with van der Waals surface area (Å²) in [5.74, 6) is -0.787. The predicted molar refractivity (Wildman–Crippen MR) is 179 cm³/mol. The van der Waals surface area contributed by atoms with Gasteiger partial charge < -0.3 is 31.1 Å². The summed E-state index contributed by atoms with van der Waals surface area (Å²) in [5, 5.41) is 9.14. The molecule has 2 aliphatic heterocycles. The van der Waals surface area contributed by atoms with E-state index in [4.69, 9.17) is 27.8 Å².